The van der Waals surface area contributed by atoms with E-state index in [0.29, 0.717) is 0 Å². The normalized spacial score (nSPS) is 11.9. The van der Waals surface area contributed by atoms with Gasteiger partial charge in [-0.3, -0.25) is 0 Å². The summed E-state index contributed by atoms with van der Waals surface area (Å²) in [5, 5.41) is 3.57. The first-order chi connectivity index (χ1) is 10.7. The van der Waals surface area contributed by atoms with Crippen LogP contribution in [0.15, 0.2) is 60.7 Å². The minimum absolute atomic E-state index is 1.04. The SMILES string of the molecule is Cc1cccc(Nc2ccc3c(c2)Cc2ccccc2-3)c1C. The highest BCUT2D eigenvalue weighted by atomic mass is 14.9. The third-order valence-electron chi connectivity index (χ3n) is 4.68. The molecule has 4 rings (SSSR count). The molecule has 22 heavy (non-hydrogen) atoms. The van der Waals surface area contributed by atoms with Crippen LogP contribution in [0.4, 0.5) is 11.4 Å². The maximum atomic E-state index is 3.57. The molecule has 0 bridgehead atoms. The van der Waals surface area contributed by atoms with Gasteiger partial charge in [-0.2, -0.15) is 0 Å². The molecule has 1 aliphatic carbocycles. The van der Waals surface area contributed by atoms with Gasteiger partial charge in [-0.05, 0) is 71.8 Å². The number of anilines is 2. The molecular formula is C21H19N. The van der Waals surface area contributed by atoms with Crippen molar-refractivity contribution in [3.8, 4) is 11.1 Å². The molecule has 1 N–H and O–H groups in total. The minimum Gasteiger partial charge on any atom is -0.355 e. The van der Waals surface area contributed by atoms with Gasteiger partial charge in [0.05, 0.1) is 0 Å². The Morgan fingerprint density at radius 1 is 0.773 bits per heavy atom. The highest BCUT2D eigenvalue weighted by Crippen LogP contribution is 2.38. The average molecular weight is 285 g/mol. The van der Waals surface area contributed by atoms with E-state index in [4.69, 9.17) is 0 Å². The third-order valence-corrected chi connectivity index (χ3v) is 4.68. The Kier molecular flexibility index (Phi) is 3.00. The molecule has 0 saturated carbocycles. The molecule has 1 heteroatoms. The summed E-state index contributed by atoms with van der Waals surface area (Å²) in [4.78, 5) is 0. The zero-order valence-electron chi connectivity index (χ0n) is 13.0. The van der Waals surface area contributed by atoms with Gasteiger partial charge in [-0.25, -0.2) is 0 Å². The smallest absolute Gasteiger partial charge is 0.0416 e. The Labute approximate surface area is 131 Å². The molecule has 0 heterocycles. The summed E-state index contributed by atoms with van der Waals surface area (Å²) in [5.74, 6) is 0. The molecule has 0 radical (unpaired) electrons. The maximum absolute atomic E-state index is 3.57. The molecule has 1 aliphatic rings. The Bertz CT molecular complexity index is 862. The average Bonchev–Trinajstić information content (AvgIpc) is 2.89. The van der Waals surface area contributed by atoms with Gasteiger partial charge < -0.3 is 5.32 Å². The van der Waals surface area contributed by atoms with Crippen molar-refractivity contribution in [3.05, 3.63) is 82.9 Å². The molecule has 0 amide bonds. The first-order valence-electron chi connectivity index (χ1n) is 7.77. The van der Waals surface area contributed by atoms with E-state index in [-0.39, 0.29) is 0 Å². The van der Waals surface area contributed by atoms with Gasteiger partial charge in [0.25, 0.3) is 0 Å². The Morgan fingerprint density at radius 3 is 2.50 bits per heavy atom. The van der Waals surface area contributed by atoms with Crippen molar-refractivity contribution in [1.82, 2.24) is 0 Å². The Balaban J connectivity index is 1.69. The lowest BCUT2D eigenvalue weighted by Crippen LogP contribution is -1.95. The quantitative estimate of drug-likeness (QED) is 0.504. The molecule has 0 unspecified atom stereocenters. The van der Waals surface area contributed by atoms with Crippen molar-refractivity contribution < 1.29 is 0 Å². The lowest BCUT2D eigenvalue weighted by Gasteiger charge is -2.12. The van der Waals surface area contributed by atoms with Crippen LogP contribution in [0, 0.1) is 13.8 Å². The molecule has 0 atom stereocenters. The van der Waals surface area contributed by atoms with Crippen molar-refractivity contribution in [2.24, 2.45) is 0 Å². The summed E-state index contributed by atoms with van der Waals surface area (Å²) in [5.41, 5.74) is 10.6. The number of aryl methyl sites for hydroxylation is 1. The van der Waals surface area contributed by atoms with Gasteiger partial charge >= 0.3 is 0 Å². The van der Waals surface area contributed by atoms with Crippen molar-refractivity contribution >= 4 is 11.4 Å². The molecule has 0 aliphatic heterocycles. The highest BCUT2D eigenvalue weighted by Gasteiger charge is 2.17. The first kappa shape index (κ1) is 13.1. The number of benzene rings is 3. The van der Waals surface area contributed by atoms with E-state index >= 15 is 0 Å². The Morgan fingerprint density at radius 2 is 1.59 bits per heavy atom. The molecule has 0 aromatic heterocycles. The molecule has 0 spiro atoms. The fourth-order valence-corrected chi connectivity index (χ4v) is 3.26. The van der Waals surface area contributed by atoms with Gasteiger partial charge in [0.1, 0.15) is 0 Å². The molecule has 3 aromatic rings. The molecular weight excluding hydrogens is 266 g/mol. The summed E-state index contributed by atoms with van der Waals surface area (Å²) in [6.45, 7) is 4.32. The second-order valence-electron chi connectivity index (χ2n) is 6.08. The van der Waals surface area contributed by atoms with E-state index in [0.717, 1.165) is 6.42 Å². The second-order valence-corrected chi connectivity index (χ2v) is 6.08. The topological polar surface area (TPSA) is 12.0 Å². The fourth-order valence-electron chi connectivity index (χ4n) is 3.26. The summed E-state index contributed by atoms with van der Waals surface area (Å²) in [7, 11) is 0. The van der Waals surface area contributed by atoms with Crippen LogP contribution in [0.2, 0.25) is 0 Å². The fraction of sp³-hybridized carbons (Fsp3) is 0.143. The maximum Gasteiger partial charge on any atom is 0.0416 e. The monoisotopic (exact) mass is 285 g/mol. The van der Waals surface area contributed by atoms with Crippen LogP contribution >= 0.6 is 0 Å². The minimum atomic E-state index is 1.04. The van der Waals surface area contributed by atoms with Crippen LogP contribution in [0.5, 0.6) is 0 Å². The Hall–Kier alpha value is -2.54. The predicted molar refractivity (Wildman–Crippen MR) is 93.9 cm³/mol. The molecule has 1 nitrogen and oxygen atoms in total. The van der Waals surface area contributed by atoms with Gasteiger partial charge in [0, 0.05) is 11.4 Å². The largest absolute Gasteiger partial charge is 0.355 e. The summed E-state index contributed by atoms with van der Waals surface area (Å²) < 4.78 is 0. The van der Waals surface area contributed by atoms with Gasteiger partial charge in [-0.1, -0.05) is 42.5 Å². The number of hydrogen-bond acceptors (Lipinski definition) is 1. The third kappa shape index (κ3) is 2.10. The van der Waals surface area contributed by atoms with E-state index < -0.39 is 0 Å². The number of rotatable bonds is 2. The number of fused-ring (bicyclic) bond motifs is 3. The van der Waals surface area contributed by atoms with E-state index in [1.54, 1.807) is 0 Å². The summed E-state index contributed by atoms with van der Waals surface area (Å²) in [6.07, 6.45) is 1.04. The number of nitrogens with one attached hydrogen (secondary N) is 1. The van der Waals surface area contributed by atoms with Crippen LogP contribution in [0.3, 0.4) is 0 Å². The predicted octanol–water partition coefficient (Wildman–Crippen LogP) is 5.62. The van der Waals surface area contributed by atoms with Gasteiger partial charge in [0.15, 0.2) is 0 Å². The standard InChI is InChI=1S/C21H19N/c1-14-6-5-9-21(15(14)2)22-18-10-11-20-17(13-18)12-16-7-3-4-8-19(16)20/h3-11,13,22H,12H2,1-2H3. The molecule has 108 valence electrons. The van der Waals surface area contributed by atoms with E-state index in [2.05, 4.69) is 79.8 Å². The number of hydrogen-bond donors (Lipinski definition) is 1. The second kappa shape index (κ2) is 5.03. The summed E-state index contributed by atoms with van der Waals surface area (Å²) >= 11 is 0. The summed E-state index contributed by atoms with van der Waals surface area (Å²) in [6, 6.07) is 21.8. The van der Waals surface area contributed by atoms with Crippen LogP contribution in [-0.2, 0) is 6.42 Å². The molecule has 3 aromatic carbocycles. The zero-order valence-corrected chi connectivity index (χ0v) is 13.0. The van der Waals surface area contributed by atoms with Crippen LogP contribution in [0.1, 0.15) is 22.3 Å². The lowest BCUT2D eigenvalue weighted by molar-refractivity contribution is 1.26. The van der Waals surface area contributed by atoms with Crippen molar-refractivity contribution in [3.63, 3.8) is 0 Å². The van der Waals surface area contributed by atoms with E-state index in [1.165, 1.54) is 44.8 Å². The van der Waals surface area contributed by atoms with Gasteiger partial charge in [-0.15, -0.1) is 0 Å². The first-order valence-corrected chi connectivity index (χ1v) is 7.77. The van der Waals surface area contributed by atoms with Crippen LogP contribution in [-0.4, -0.2) is 0 Å². The van der Waals surface area contributed by atoms with E-state index in [9.17, 15) is 0 Å². The highest BCUT2D eigenvalue weighted by molar-refractivity contribution is 5.79. The molecule has 0 saturated heterocycles. The van der Waals surface area contributed by atoms with Crippen molar-refractivity contribution in [1.29, 1.82) is 0 Å². The van der Waals surface area contributed by atoms with Crippen molar-refractivity contribution in [2.75, 3.05) is 5.32 Å². The van der Waals surface area contributed by atoms with E-state index in [1.807, 2.05) is 0 Å². The lowest BCUT2D eigenvalue weighted by atomic mass is 10.0. The zero-order chi connectivity index (χ0) is 15.1. The molecule has 0 fully saturated rings. The van der Waals surface area contributed by atoms with Gasteiger partial charge in [0.2, 0.25) is 0 Å². The van der Waals surface area contributed by atoms with Crippen LogP contribution < -0.4 is 5.32 Å². The van der Waals surface area contributed by atoms with Crippen LogP contribution in [0.25, 0.3) is 11.1 Å². The van der Waals surface area contributed by atoms with Crippen molar-refractivity contribution in [2.45, 2.75) is 20.3 Å².